The molecule has 1 N–H and O–H groups in total. The van der Waals surface area contributed by atoms with Gasteiger partial charge >= 0.3 is 0 Å². The number of benzene rings is 2. The summed E-state index contributed by atoms with van der Waals surface area (Å²) in [6, 6.07) is 15.9. The molecule has 1 heterocycles. The molecule has 2 aromatic carbocycles. The molecule has 2 amide bonds. The molecule has 130 valence electrons. The summed E-state index contributed by atoms with van der Waals surface area (Å²) in [4.78, 5) is 26.7. The van der Waals surface area contributed by atoms with Gasteiger partial charge in [0, 0.05) is 18.7 Å². The van der Waals surface area contributed by atoms with Gasteiger partial charge in [0.2, 0.25) is 11.8 Å². The lowest BCUT2D eigenvalue weighted by atomic mass is 10.1. The first-order chi connectivity index (χ1) is 11.9. The highest BCUT2D eigenvalue weighted by Crippen LogP contribution is 2.27. The van der Waals surface area contributed by atoms with Crippen LogP contribution < -0.4 is 10.2 Å². The fraction of sp³-hybridized carbons (Fsp3) is 0.333. The van der Waals surface area contributed by atoms with Crippen LogP contribution in [0.4, 0.5) is 5.69 Å². The highest BCUT2D eigenvalue weighted by molar-refractivity contribution is 6.00. The van der Waals surface area contributed by atoms with Crippen LogP contribution in [0.1, 0.15) is 36.1 Å². The summed E-state index contributed by atoms with van der Waals surface area (Å²) in [7, 11) is 0. The predicted octanol–water partition coefficient (Wildman–Crippen LogP) is 3.53. The lowest BCUT2D eigenvalue weighted by Crippen LogP contribution is -2.34. The maximum absolute atomic E-state index is 12.6. The van der Waals surface area contributed by atoms with Crippen LogP contribution in [-0.4, -0.2) is 18.4 Å². The van der Waals surface area contributed by atoms with Gasteiger partial charge in [-0.15, -0.1) is 0 Å². The zero-order valence-corrected chi connectivity index (χ0v) is 15.0. The van der Waals surface area contributed by atoms with Gasteiger partial charge in [0.1, 0.15) is 0 Å². The summed E-state index contributed by atoms with van der Waals surface area (Å²) in [6.07, 6.45) is 0.264. The minimum Gasteiger partial charge on any atom is -0.349 e. The minimum absolute atomic E-state index is 0.0116. The van der Waals surface area contributed by atoms with Gasteiger partial charge in [0.15, 0.2) is 0 Å². The van der Waals surface area contributed by atoms with Crippen molar-refractivity contribution in [3.8, 4) is 0 Å². The van der Waals surface area contributed by atoms with Gasteiger partial charge in [0.25, 0.3) is 0 Å². The third-order valence-corrected chi connectivity index (χ3v) is 4.67. The topological polar surface area (TPSA) is 49.4 Å². The molecule has 0 aromatic heterocycles. The average Bonchev–Trinajstić information content (AvgIpc) is 2.97. The molecule has 0 radical (unpaired) electrons. The molecule has 2 atom stereocenters. The molecule has 4 nitrogen and oxygen atoms in total. The molecule has 3 rings (SSSR count). The zero-order valence-electron chi connectivity index (χ0n) is 15.0. The van der Waals surface area contributed by atoms with E-state index in [-0.39, 0.29) is 30.2 Å². The van der Waals surface area contributed by atoms with E-state index in [1.54, 1.807) is 4.90 Å². The van der Waals surface area contributed by atoms with E-state index in [9.17, 15) is 9.59 Å². The van der Waals surface area contributed by atoms with E-state index in [2.05, 4.69) is 11.4 Å². The van der Waals surface area contributed by atoms with Gasteiger partial charge in [-0.25, -0.2) is 0 Å². The first kappa shape index (κ1) is 17.2. The minimum atomic E-state index is -0.306. The molecule has 0 bridgehead atoms. The predicted molar refractivity (Wildman–Crippen MR) is 99.4 cm³/mol. The molecular formula is C21H24N2O2. The second-order valence-corrected chi connectivity index (χ2v) is 6.89. The Kier molecular flexibility index (Phi) is 4.88. The van der Waals surface area contributed by atoms with Gasteiger partial charge in [-0.2, -0.15) is 0 Å². The molecule has 0 unspecified atom stereocenters. The highest BCUT2D eigenvalue weighted by Gasteiger charge is 2.35. The summed E-state index contributed by atoms with van der Waals surface area (Å²) in [5, 5.41) is 3.04. The van der Waals surface area contributed by atoms with E-state index in [0.717, 1.165) is 22.4 Å². The quantitative estimate of drug-likeness (QED) is 0.928. The lowest BCUT2D eigenvalue weighted by molar-refractivity contribution is -0.126. The van der Waals surface area contributed by atoms with Crippen molar-refractivity contribution in [1.29, 1.82) is 0 Å². The molecule has 4 heteroatoms. The highest BCUT2D eigenvalue weighted by atomic mass is 16.2. The molecule has 0 aliphatic carbocycles. The molecule has 0 saturated carbocycles. The zero-order chi connectivity index (χ0) is 18.0. The number of hydrogen-bond donors (Lipinski definition) is 1. The van der Waals surface area contributed by atoms with Crippen molar-refractivity contribution in [2.24, 2.45) is 5.92 Å². The Morgan fingerprint density at radius 3 is 2.40 bits per heavy atom. The average molecular weight is 336 g/mol. The number of hydrogen-bond acceptors (Lipinski definition) is 2. The second-order valence-electron chi connectivity index (χ2n) is 6.89. The molecule has 1 aliphatic heterocycles. The van der Waals surface area contributed by atoms with E-state index >= 15 is 0 Å². The lowest BCUT2D eigenvalue weighted by Gasteiger charge is -2.19. The maximum atomic E-state index is 12.6. The molecule has 25 heavy (non-hydrogen) atoms. The van der Waals surface area contributed by atoms with Gasteiger partial charge in [0.05, 0.1) is 12.0 Å². The van der Waals surface area contributed by atoms with Crippen LogP contribution in [0.3, 0.4) is 0 Å². The van der Waals surface area contributed by atoms with E-state index in [1.165, 1.54) is 0 Å². The van der Waals surface area contributed by atoms with Gasteiger partial charge in [-0.05, 0) is 49.6 Å². The number of amides is 2. The van der Waals surface area contributed by atoms with Crippen molar-refractivity contribution in [3.63, 3.8) is 0 Å². The molecule has 1 fully saturated rings. The molecule has 2 aromatic rings. The van der Waals surface area contributed by atoms with E-state index < -0.39 is 0 Å². The van der Waals surface area contributed by atoms with Crippen LogP contribution in [0.2, 0.25) is 0 Å². The second kappa shape index (κ2) is 7.09. The van der Waals surface area contributed by atoms with Crippen molar-refractivity contribution in [2.45, 2.75) is 33.2 Å². The normalized spacial score (nSPS) is 18.3. The van der Waals surface area contributed by atoms with E-state index in [4.69, 9.17) is 0 Å². The third-order valence-electron chi connectivity index (χ3n) is 4.67. The third kappa shape index (κ3) is 3.90. The fourth-order valence-corrected chi connectivity index (χ4v) is 3.40. The van der Waals surface area contributed by atoms with Crippen molar-refractivity contribution in [2.75, 3.05) is 11.4 Å². The molecule has 1 saturated heterocycles. The standard InChI is InChI=1S/C21H24N2O2/c1-14-9-15(2)11-19(10-14)23-13-18(12-20(23)24)21(25)22-16(3)17-7-5-4-6-8-17/h4-11,16,18H,12-13H2,1-3H3,(H,22,25)/t16-,18+/m0/s1. The van der Waals surface area contributed by atoms with Gasteiger partial charge in [-0.3, -0.25) is 9.59 Å². The van der Waals surface area contributed by atoms with Crippen molar-refractivity contribution in [1.82, 2.24) is 5.32 Å². The summed E-state index contributed by atoms with van der Waals surface area (Å²) in [5.41, 5.74) is 4.18. The fourth-order valence-electron chi connectivity index (χ4n) is 3.40. The summed E-state index contributed by atoms with van der Waals surface area (Å²) in [6.45, 7) is 6.44. The van der Waals surface area contributed by atoms with E-state index in [1.807, 2.05) is 63.2 Å². The van der Waals surface area contributed by atoms with E-state index in [0.29, 0.717) is 6.54 Å². The van der Waals surface area contributed by atoms with Crippen molar-refractivity contribution >= 4 is 17.5 Å². The number of aryl methyl sites for hydroxylation is 2. The summed E-state index contributed by atoms with van der Waals surface area (Å²) >= 11 is 0. The van der Waals surface area contributed by atoms with Crippen molar-refractivity contribution in [3.05, 3.63) is 65.2 Å². The monoisotopic (exact) mass is 336 g/mol. The summed E-state index contributed by atoms with van der Waals surface area (Å²) < 4.78 is 0. The van der Waals surface area contributed by atoms with Crippen LogP contribution in [0.25, 0.3) is 0 Å². The van der Waals surface area contributed by atoms with Gasteiger partial charge in [-0.1, -0.05) is 36.4 Å². The number of nitrogens with one attached hydrogen (secondary N) is 1. The molecule has 0 spiro atoms. The molecular weight excluding hydrogens is 312 g/mol. The Morgan fingerprint density at radius 1 is 1.12 bits per heavy atom. The number of carbonyl (C=O) groups excluding carboxylic acids is 2. The van der Waals surface area contributed by atoms with Crippen molar-refractivity contribution < 1.29 is 9.59 Å². The Labute approximate surface area is 148 Å². The van der Waals surface area contributed by atoms with Gasteiger partial charge < -0.3 is 10.2 Å². The maximum Gasteiger partial charge on any atom is 0.227 e. The first-order valence-electron chi connectivity index (χ1n) is 8.68. The Bertz CT molecular complexity index is 765. The Morgan fingerprint density at radius 2 is 1.76 bits per heavy atom. The Hall–Kier alpha value is -2.62. The largest absolute Gasteiger partial charge is 0.349 e. The van der Waals surface area contributed by atoms with Crippen LogP contribution in [0.5, 0.6) is 0 Å². The number of carbonyl (C=O) groups is 2. The molecule has 1 aliphatic rings. The first-order valence-corrected chi connectivity index (χ1v) is 8.68. The smallest absolute Gasteiger partial charge is 0.227 e. The van der Waals surface area contributed by atoms with Crippen LogP contribution in [0.15, 0.2) is 48.5 Å². The van der Waals surface area contributed by atoms with Crippen LogP contribution in [0, 0.1) is 19.8 Å². The van der Waals surface area contributed by atoms with Crippen LogP contribution in [-0.2, 0) is 9.59 Å². The van der Waals surface area contributed by atoms with Crippen LogP contribution >= 0.6 is 0 Å². The SMILES string of the molecule is Cc1cc(C)cc(N2C[C@H](C(=O)N[C@@H](C)c3ccccc3)CC2=O)c1. The summed E-state index contributed by atoms with van der Waals surface area (Å²) in [5.74, 6) is -0.353. The Balaban J connectivity index is 1.68. The number of anilines is 1. The number of nitrogens with zero attached hydrogens (tertiary/aromatic N) is 1. The number of rotatable bonds is 4.